The van der Waals surface area contributed by atoms with Crippen LogP contribution in [0.3, 0.4) is 0 Å². The third-order valence-electron chi connectivity index (χ3n) is 22.7. The van der Waals surface area contributed by atoms with Gasteiger partial charge in [0.2, 0.25) is 0 Å². The molecule has 14 N–H and O–H groups in total. The Bertz CT molecular complexity index is 1980. The molecule has 24 heteroatoms. The molecule has 117 heavy (non-hydrogen) atoms. The summed E-state index contributed by atoms with van der Waals surface area (Å²) in [5, 5.41) is 123. The second-order valence-electron chi connectivity index (χ2n) is 38.4. The smallest absolute Gasteiger partial charge is 0.140 e. The zero-order valence-electron chi connectivity index (χ0n) is 84.6. The summed E-state index contributed by atoms with van der Waals surface area (Å²) in [6.07, 6.45) is 24.1. The largest absolute Gasteiger partial charge is 0.396 e. The van der Waals surface area contributed by atoms with Crippen LogP contribution in [0.2, 0.25) is 0 Å². The summed E-state index contributed by atoms with van der Waals surface area (Å²) >= 11 is 0. The predicted molar refractivity (Wildman–Crippen MR) is 502 cm³/mol. The van der Waals surface area contributed by atoms with Crippen molar-refractivity contribution in [3.8, 4) is 11.8 Å². The molecule has 0 radical (unpaired) electrons. The highest BCUT2D eigenvalue weighted by Gasteiger charge is 2.25. The van der Waals surface area contributed by atoms with Crippen molar-refractivity contribution in [2.75, 3.05) is 335 Å². The molecule has 0 saturated heterocycles. The fourth-order valence-corrected chi connectivity index (χ4v) is 12.1. The highest BCUT2D eigenvalue weighted by Crippen LogP contribution is 2.14. The summed E-state index contributed by atoms with van der Waals surface area (Å²) in [4.78, 5) is 0. The summed E-state index contributed by atoms with van der Waals surface area (Å²) in [6.45, 7) is 61.9. The van der Waals surface area contributed by atoms with Crippen LogP contribution in [0.5, 0.6) is 0 Å². The van der Waals surface area contributed by atoms with E-state index >= 15 is 0 Å². The van der Waals surface area contributed by atoms with E-state index in [-0.39, 0.29) is 45.7 Å². The normalized spacial score (nSPS) is 12.9. The molecule has 0 spiro atoms. The van der Waals surface area contributed by atoms with Crippen molar-refractivity contribution in [3.63, 3.8) is 0 Å². The molecule has 718 valence electrons. The van der Waals surface area contributed by atoms with Crippen LogP contribution >= 0.6 is 0 Å². The van der Waals surface area contributed by atoms with Gasteiger partial charge in [0, 0.05) is 26.2 Å². The van der Waals surface area contributed by atoms with Crippen LogP contribution in [-0.2, 0) is 0 Å². The first kappa shape index (κ1) is 136. The van der Waals surface area contributed by atoms with Crippen molar-refractivity contribution >= 4 is 0 Å². The first-order valence-corrected chi connectivity index (χ1v) is 46.9. The van der Waals surface area contributed by atoms with E-state index in [2.05, 4.69) is 165 Å². The molecule has 3 atom stereocenters. The second kappa shape index (κ2) is 85.4. The lowest BCUT2D eigenvalue weighted by molar-refractivity contribution is -0.910. The van der Waals surface area contributed by atoms with E-state index in [9.17, 15) is 10.2 Å². The van der Waals surface area contributed by atoms with E-state index in [1.165, 1.54) is 197 Å². The molecule has 0 aliphatic heterocycles. The Morgan fingerprint density at radius 3 is 0.778 bits per heavy atom. The molecule has 0 aliphatic rings. The van der Waals surface area contributed by atoms with Crippen molar-refractivity contribution < 1.29 is 116 Å². The molecular weight excluding hydrogens is 1480 g/mol. The second-order valence-corrected chi connectivity index (χ2v) is 38.4. The molecule has 0 saturated carbocycles. The SMILES string of the molecule is CC(C)(O)C#CC[N+](C)(C)C.CCCC[N+](C)(CCCC)CCCCO.CCCC[N+](C)(CCCC)CCCO.CCCC[N+](C)(CCO)CCCC.CC[N+](C)(CC)CC(O)CO.CC[N+](C)(CC)CCCC(C)O.CC[N+](C)(CC)CCCCCCO.CC[N+](C)(CCO)CCO.C[N+](C)(C)CC(O)CO.C[N+](C)(CCO)CCO. The zero-order chi connectivity index (χ0) is 93.2. The molecule has 3 unspecified atom stereocenters. The Morgan fingerprint density at radius 1 is 0.265 bits per heavy atom. The fourth-order valence-electron chi connectivity index (χ4n) is 12.1. The van der Waals surface area contributed by atoms with Gasteiger partial charge in [0.25, 0.3) is 0 Å². The first-order chi connectivity index (χ1) is 54.3. The Labute approximate surface area is 729 Å². The standard InChI is InChI=1S/C13H30NO.C12H28NO.2C11H26NO.C10H24NO.C9H18NO.C8H20NO2.C7H18NO2.2C6H16NO2/c1-4-6-10-14(3,11-7-5-2)12-8-9-13-15;1-4-6-9-13(3,10-7-5-2)11-8-12-14;1-4-12(3,5-2)10-8-6-7-9-11-13;1-4-6-8-12(3,10-11-13)9-7-5-2;1-5-11(4,6-2)9-7-8-10(3)12;1-9(2,11)7-6-8-10(3,4)5;1-4-9(3,5-2)6-8(11)7-10;1-3-8(2,4-6-9)5-7-10;1-7(2,3)4-6(9)5-8;1-7(2,3-5-8)4-6-9/h15H,4-13H2,1-3H3;14H,4-12H2,1-3H3;2*13H,4-11H2,1-3H3;10,12H,5-9H2,1-4H3;11H,8H2,1-5H3;8,10-11H,4-7H2,1-3H3;9-10H,3-7H2,1-2H3;6,8-9H,4-5H2,1-3H3;8-9H,3-6H2,1-2H3/q10*+1. The van der Waals surface area contributed by atoms with Crippen LogP contribution in [0.1, 0.15) is 246 Å². The molecule has 24 nitrogen and oxygen atoms in total. The minimum Gasteiger partial charge on any atom is -0.396 e. The van der Waals surface area contributed by atoms with Crippen molar-refractivity contribution in [1.82, 2.24) is 0 Å². The van der Waals surface area contributed by atoms with Gasteiger partial charge in [-0.15, -0.1) is 0 Å². The van der Waals surface area contributed by atoms with Gasteiger partial charge in [-0.3, -0.25) is 0 Å². The topological polar surface area (TPSA) is 283 Å². The van der Waals surface area contributed by atoms with Crippen LogP contribution < -0.4 is 0 Å². The van der Waals surface area contributed by atoms with Gasteiger partial charge >= 0.3 is 0 Å². The Kier molecular flexibility index (Phi) is 99.4. The molecule has 0 heterocycles. The van der Waals surface area contributed by atoms with E-state index < -0.39 is 17.8 Å². The number of aliphatic hydroxyl groups is 14. The van der Waals surface area contributed by atoms with Gasteiger partial charge in [-0.1, -0.05) is 92.4 Å². The number of likely N-dealkylation sites (N-methyl/N-ethyl adjacent to an activating group) is 5. The number of unbranched alkanes of at least 4 members (excludes halogenated alkanes) is 10. The minimum atomic E-state index is -0.852. The Morgan fingerprint density at radius 2 is 0.521 bits per heavy atom. The lowest BCUT2D eigenvalue weighted by Crippen LogP contribution is -2.49. The molecule has 0 aromatic carbocycles. The summed E-state index contributed by atoms with van der Waals surface area (Å²) in [5.41, 5.74) is -0.852. The monoisotopic (exact) mass is 1700 g/mol. The maximum absolute atomic E-state index is 9.23. The molecule has 0 aliphatic carbocycles. The third kappa shape index (κ3) is 105. The van der Waals surface area contributed by atoms with Crippen LogP contribution in [0.25, 0.3) is 0 Å². The Hall–Kier alpha value is -1.40. The van der Waals surface area contributed by atoms with E-state index in [0.29, 0.717) is 61.6 Å². The maximum Gasteiger partial charge on any atom is 0.140 e. The number of aliphatic hydroxyl groups excluding tert-OH is 13. The van der Waals surface area contributed by atoms with Gasteiger partial charge in [0.1, 0.15) is 70.2 Å². The molecule has 0 amide bonds. The van der Waals surface area contributed by atoms with Gasteiger partial charge in [0.15, 0.2) is 0 Å². The summed E-state index contributed by atoms with van der Waals surface area (Å²) < 4.78 is 9.50. The quantitative estimate of drug-likeness (QED) is 0.0154. The Balaban J connectivity index is -0.000000136. The van der Waals surface area contributed by atoms with Crippen LogP contribution in [0.4, 0.5) is 0 Å². The average Bonchev–Trinajstić information content (AvgIpc) is 0.916. The minimum absolute atomic E-state index is 0.131. The van der Waals surface area contributed by atoms with E-state index in [1.807, 2.05) is 49.2 Å². The van der Waals surface area contributed by atoms with Crippen molar-refractivity contribution in [1.29, 1.82) is 0 Å². The molecule has 0 rings (SSSR count). The molecule has 0 fully saturated rings. The molecule has 0 aromatic rings. The van der Waals surface area contributed by atoms with E-state index in [1.54, 1.807) is 13.8 Å². The summed E-state index contributed by atoms with van der Waals surface area (Å²) in [5.74, 6) is 5.71. The van der Waals surface area contributed by atoms with Gasteiger partial charge in [-0.25, -0.2) is 0 Å². The number of hydrogen-bond acceptors (Lipinski definition) is 14. The summed E-state index contributed by atoms with van der Waals surface area (Å²) in [6, 6.07) is 0. The summed E-state index contributed by atoms with van der Waals surface area (Å²) in [7, 11) is 31.8. The van der Waals surface area contributed by atoms with E-state index in [4.69, 9.17) is 61.3 Å². The van der Waals surface area contributed by atoms with Crippen LogP contribution in [0.15, 0.2) is 0 Å². The lowest BCUT2D eigenvalue weighted by atomic mass is 10.1. The highest BCUT2D eigenvalue weighted by atomic mass is 16.3. The average molecular weight is 1700 g/mol. The maximum atomic E-state index is 9.23. The predicted octanol–water partition coefficient (Wildman–Crippen LogP) is 8.73. The number of rotatable bonds is 59. The van der Waals surface area contributed by atoms with Gasteiger partial charge in [-0.2, -0.15) is 0 Å². The van der Waals surface area contributed by atoms with Crippen LogP contribution in [0, 0.1) is 11.8 Å². The van der Waals surface area contributed by atoms with Gasteiger partial charge in [0.05, 0.1) is 269 Å². The zero-order valence-corrected chi connectivity index (χ0v) is 84.6. The number of quaternary nitrogens is 10. The number of nitrogens with zero attached hydrogens (tertiary/aromatic N) is 10. The number of hydrogen-bond donors (Lipinski definition) is 14. The molecular formula is C93H222N10O14+10. The highest BCUT2D eigenvalue weighted by molar-refractivity contribution is 5.10. The van der Waals surface area contributed by atoms with Gasteiger partial charge < -0.3 is 116 Å². The van der Waals surface area contributed by atoms with Crippen molar-refractivity contribution in [2.24, 2.45) is 0 Å². The third-order valence-corrected chi connectivity index (χ3v) is 22.7. The van der Waals surface area contributed by atoms with E-state index in [0.717, 1.165) is 111 Å². The molecule has 0 aromatic heterocycles. The fraction of sp³-hybridized carbons (Fsp3) is 0.978. The van der Waals surface area contributed by atoms with Crippen LogP contribution in [-0.4, -0.2) is 476 Å². The lowest BCUT2D eigenvalue weighted by Gasteiger charge is -2.34. The van der Waals surface area contributed by atoms with Crippen molar-refractivity contribution in [3.05, 3.63) is 0 Å². The first-order valence-electron chi connectivity index (χ1n) is 46.9. The van der Waals surface area contributed by atoms with Crippen molar-refractivity contribution in [2.45, 2.75) is 270 Å². The molecule has 0 bridgehead atoms. The van der Waals surface area contributed by atoms with Gasteiger partial charge in [-0.05, 0) is 159 Å².